The molecule has 1 aliphatic carbocycles. The van der Waals surface area contributed by atoms with Crippen molar-refractivity contribution in [3.63, 3.8) is 0 Å². The van der Waals surface area contributed by atoms with Crippen LogP contribution in [-0.2, 0) is 19.8 Å². The van der Waals surface area contributed by atoms with E-state index in [-0.39, 0.29) is 2.85 Å². The quantitative estimate of drug-likeness (QED) is 0.577. The van der Waals surface area contributed by atoms with Crippen LogP contribution in [0.15, 0.2) is 21.7 Å². The van der Waals surface area contributed by atoms with Gasteiger partial charge in [0.2, 0.25) is 0 Å². The molecule has 1 heteroatoms. The fourth-order valence-electron chi connectivity index (χ4n) is 1.02. The molecule has 0 nitrogen and oxygen atoms in total. The molecular weight excluding hydrogens is 192 g/mol. The summed E-state index contributed by atoms with van der Waals surface area (Å²) in [5.74, 6) is 0.714. The summed E-state index contributed by atoms with van der Waals surface area (Å²) in [6.07, 6.45) is 5.67. The summed E-state index contributed by atoms with van der Waals surface area (Å²) in [5.41, 5.74) is 1.54. The molecule has 1 aliphatic rings. The third kappa shape index (κ3) is 1.55. The number of hydrogen-bond donors (Lipinski definition) is 0. The van der Waals surface area contributed by atoms with Gasteiger partial charge in [-0.05, 0) is 0 Å². The first kappa shape index (κ1) is 7.28. The Morgan fingerprint density at radius 2 is 2.33 bits per heavy atom. The van der Waals surface area contributed by atoms with Crippen LogP contribution in [0, 0.1) is 5.92 Å². The summed E-state index contributed by atoms with van der Waals surface area (Å²) in [6.45, 7) is 4.49. The molecule has 0 amide bonds. The van der Waals surface area contributed by atoms with Crippen LogP contribution in [0.5, 0.6) is 0 Å². The fraction of sp³-hybridized carbons (Fsp3) is 0.500. The van der Waals surface area contributed by atoms with Crippen LogP contribution < -0.4 is 0 Å². The van der Waals surface area contributed by atoms with Gasteiger partial charge in [0.05, 0.1) is 0 Å². The van der Waals surface area contributed by atoms with Crippen molar-refractivity contribution in [2.24, 2.45) is 5.92 Å². The van der Waals surface area contributed by atoms with Crippen LogP contribution in [-0.4, -0.2) is 0 Å². The third-order valence-electron chi connectivity index (χ3n) is 1.54. The minimum absolute atomic E-state index is 0. The maximum atomic E-state index is 2.25. The summed E-state index contributed by atoms with van der Waals surface area (Å²) < 4.78 is 1.56. The van der Waals surface area contributed by atoms with Crippen molar-refractivity contribution in [2.75, 3.05) is 0 Å². The first-order valence-electron chi connectivity index (χ1n) is 3.28. The van der Waals surface area contributed by atoms with Gasteiger partial charge in [-0.1, -0.05) is 0 Å². The van der Waals surface area contributed by atoms with E-state index < -0.39 is 0 Å². The van der Waals surface area contributed by atoms with Gasteiger partial charge in [0.1, 0.15) is 0 Å². The Kier molecular flexibility index (Phi) is 2.29. The molecule has 0 aromatic carbocycles. The monoisotopic (exact) mass is 207 g/mol. The first-order valence-corrected chi connectivity index (χ1v) is 4.28. The Hall–Kier alpha value is 0.168. The van der Waals surface area contributed by atoms with Gasteiger partial charge in [-0.25, -0.2) is 0 Å². The average molecular weight is 205 g/mol. The van der Waals surface area contributed by atoms with Crippen molar-refractivity contribution < 1.29 is 22.7 Å². The van der Waals surface area contributed by atoms with E-state index in [2.05, 4.69) is 45.8 Å². The molecule has 0 heterocycles. The Labute approximate surface area is 70.9 Å². The Bertz CT molecular complexity index is 171. The molecule has 0 N–H and O–H groups in total. The third-order valence-corrected chi connectivity index (χ3v) is 2.53. The zero-order chi connectivity index (χ0) is 6.85. The van der Waals surface area contributed by atoms with E-state index in [4.69, 9.17) is 0 Å². The SMILES string of the molecule is CC(C)C1=[C]([Mo])CC=C1.[H-].[H-]. The van der Waals surface area contributed by atoms with Crippen molar-refractivity contribution in [2.45, 2.75) is 20.3 Å². The maximum Gasteiger partial charge on any atom is -1.00 e. The fourth-order valence-corrected chi connectivity index (χ4v) is 2.00. The topological polar surface area (TPSA) is 0 Å². The van der Waals surface area contributed by atoms with Crippen LogP contribution in [0.25, 0.3) is 0 Å². The molecule has 1 rings (SSSR count). The van der Waals surface area contributed by atoms with Crippen molar-refractivity contribution in [1.82, 2.24) is 0 Å². The molecule has 53 valence electrons. The minimum atomic E-state index is 0. The van der Waals surface area contributed by atoms with Crippen molar-refractivity contribution in [3.05, 3.63) is 21.7 Å². The van der Waals surface area contributed by atoms with Gasteiger partial charge in [0.25, 0.3) is 0 Å². The van der Waals surface area contributed by atoms with Gasteiger partial charge >= 0.3 is 67.7 Å². The first-order chi connectivity index (χ1) is 4.22. The molecule has 0 saturated carbocycles. The Morgan fingerprint density at radius 3 is 2.56 bits per heavy atom. The van der Waals surface area contributed by atoms with E-state index in [9.17, 15) is 0 Å². The molecule has 0 aromatic rings. The predicted molar refractivity (Wildman–Crippen MR) is 37.8 cm³/mol. The average Bonchev–Trinajstić information content (AvgIpc) is 2.13. The van der Waals surface area contributed by atoms with Crippen LogP contribution in [0.3, 0.4) is 0 Å². The van der Waals surface area contributed by atoms with Crippen molar-refractivity contribution in [1.29, 1.82) is 0 Å². The van der Waals surface area contributed by atoms with Gasteiger partial charge in [0, 0.05) is 0 Å². The molecule has 0 spiro atoms. The summed E-state index contributed by atoms with van der Waals surface area (Å²) >= 11 is 2.15. The second kappa shape index (κ2) is 2.83. The predicted octanol–water partition coefficient (Wildman–Crippen LogP) is 2.63. The van der Waals surface area contributed by atoms with E-state index in [1.807, 2.05) is 0 Å². The van der Waals surface area contributed by atoms with Gasteiger partial charge in [-0.3, -0.25) is 0 Å². The van der Waals surface area contributed by atoms with E-state index in [0.717, 1.165) is 0 Å². The largest absolute Gasteiger partial charge is 1.00 e. The molecule has 0 aromatic heterocycles. The molecule has 0 radical (unpaired) electrons. The molecule has 0 bridgehead atoms. The number of hydrogen-bond acceptors (Lipinski definition) is 0. The molecule has 9 heavy (non-hydrogen) atoms. The summed E-state index contributed by atoms with van der Waals surface area (Å²) in [7, 11) is 0. The van der Waals surface area contributed by atoms with Gasteiger partial charge in [-0.15, -0.1) is 0 Å². The molecule has 0 saturated heterocycles. The number of allylic oxidation sites excluding steroid dienone is 4. The minimum Gasteiger partial charge on any atom is -1.00 e. The zero-order valence-electron chi connectivity index (χ0n) is 7.85. The Morgan fingerprint density at radius 1 is 1.67 bits per heavy atom. The van der Waals surface area contributed by atoms with Crippen molar-refractivity contribution >= 4 is 0 Å². The Balaban J connectivity index is 0. The zero-order valence-corrected chi connectivity index (χ0v) is 7.85. The maximum absolute atomic E-state index is 2.25. The summed E-state index contributed by atoms with van der Waals surface area (Å²) in [5, 5.41) is 0. The van der Waals surface area contributed by atoms with Crippen LogP contribution >= 0.6 is 0 Å². The standard InChI is InChI=1S/C8H11.Mo.2H/c1-7(2)8-5-3-4-6-8;;;/h3,5,7H,4H2,1-2H3;;;/q;;2*-1. The van der Waals surface area contributed by atoms with E-state index in [1.54, 1.807) is 9.54 Å². The van der Waals surface area contributed by atoms with Gasteiger partial charge < -0.3 is 2.85 Å². The van der Waals surface area contributed by atoms with Crippen LogP contribution in [0.1, 0.15) is 23.1 Å². The van der Waals surface area contributed by atoms with Crippen LogP contribution in [0.2, 0.25) is 0 Å². The normalized spacial score (nSPS) is 18.1. The second-order valence-corrected chi connectivity index (χ2v) is 3.85. The van der Waals surface area contributed by atoms with Gasteiger partial charge in [0.15, 0.2) is 0 Å². The molecule has 0 aliphatic heterocycles. The summed E-state index contributed by atoms with van der Waals surface area (Å²) in [6, 6.07) is 0. The van der Waals surface area contributed by atoms with E-state index in [0.29, 0.717) is 5.92 Å². The van der Waals surface area contributed by atoms with E-state index in [1.165, 1.54) is 6.42 Å². The smallest absolute Gasteiger partial charge is 1.00 e. The molecule has 0 unspecified atom stereocenters. The number of rotatable bonds is 1. The summed E-state index contributed by atoms with van der Waals surface area (Å²) in [4.78, 5) is 0. The van der Waals surface area contributed by atoms with Gasteiger partial charge in [-0.2, -0.15) is 0 Å². The molecular formula is C8H13Mo-2. The molecule has 0 fully saturated rings. The van der Waals surface area contributed by atoms with Crippen LogP contribution in [0.4, 0.5) is 0 Å². The van der Waals surface area contributed by atoms with E-state index >= 15 is 0 Å². The van der Waals surface area contributed by atoms with Crippen molar-refractivity contribution in [3.8, 4) is 0 Å². The second-order valence-electron chi connectivity index (χ2n) is 2.64. The molecule has 0 atom stereocenters.